The molecule has 1 rings (SSSR count). The topological polar surface area (TPSA) is 9.23 Å². The van der Waals surface area contributed by atoms with Gasteiger partial charge in [0.05, 0.1) is 11.2 Å². The second kappa shape index (κ2) is 5.66. The van der Waals surface area contributed by atoms with E-state index >= 15 is 0 Å². The summed E-state index contributed by atoms with van der Waals surface area (Å²) in [5.41, 5.74) is 1.17. The zero-order valence-corrected chi connectivity index (χ0v) is 13.7. The molecule has 0 aromatic heterocycles. The molecule has 0 aliphatic heterocycles. The molecule has 0 heterocycles. The van der Waals surface area contributed by atoms with Crippen molar-refractivity contribution < 1.29 is 4.74 Å². The smallest absolute Gasteiger partial charge is 0.0749 e. The SMILES string of the molecule is CCC(C)(C)OC(C)(Cc1ccccc1)C(C)(C)C. The van der Waals surface area contributed by atoms with Gasteiger partial charge in [0, 0.05) is 6.42 Å². The predicted octanol–water partition coefficient (Wildman–Crippen LogP) is 5.24. The summed E-state index contributed by atoms with van der Waals surface area (Å²) < 4.78 is 6.54. The summed E-state index contributed by atoms with van der Waals surface area (Å²) in [7, 11) is 0. The van der Waals surface area contributed by atoms with E-state index in [9.17, 15) is 0 Å². The van der Waals surface area contributed by atoms with Crippen molar-refractivity contribution in [3.05, 3.63) is 35.9 Å². The van der Waals surface area contributed by atoms with Crippen LogP contribution in [0.25, 0.3) is 0 Å². The highest BCUT2D eigenvalue weighted by molar-refractivity contribution is 5.18. The first-order valence-electron chi connectivity index (χ1n) is 7.34. The third-order valence-corrected chi connectivity index (χ3v) is 4.32. The van der Waals surface area contributed by atoms with Crippen LogP contribution in [0, 0.1) is 5.41 Å². The lowest BCUT2D eigenvalue weighted by atomic mass is 9.73. The average Bonchev–Trinajstić information content (AvgIpc) is 2.28. The summed E-state index contributed by atoms with van der Waals surface area (Å²) in [6.07, 6.45) is 1.97. The largest absolute Gasteiger partial charge is 0.369 e. The number of ether oxygens (including phenoxy) is 1. The van der Waals surface area contributed by atoms with Gasteiger partial charge in [0.15, 0.2) is 0 Å². The number of rotatable bonds is 5. The highest BCUT2D eigenvalue weighted by atomic mass is 16.5. The van der Waals surface area contributed by atoms with E-state index in [1.54, 1.807) is 0 Å². The molecule has 1 nitrogen and oxygen atoms in total. The zero-order chi connectivity index (χ0) is 14.7. The van der Waals surface area contributed by atoms with Crippen molar-refractivity contribution in [1.29, 1.82) is 0 Å². The molecule has 1 heteroatoms. The monoisotopic (exact) mass is 262 g/mol. The molecule has 0 fully saturated rings. The van der Waals surface area contributed by atoms with Crippen LogP contribution in [0.5, 0.6) is 0 Å². The minimum Gasteiger partial charge on any atom is -0.369 e. The van der Waals surface area contributed by atoms with Crippen molar-refractivity contribution in [3.63, 3.8) is 0 Å². The quantitative estimate of drug-likeness (QED) is 0.705. The van der Waals surface area contributed by atoms with Crippen LogP contribution < -0.4 is 0 Å². The Balaban J connectivity index is 3.01. The maximum Gasteiger partial charge on any atom is 0.0749 e. The fourth-order valence-corrected chi connectivity index (χ4v) is 2.12. The van der Waals surface area contributed by atoms with E-state index in [0.29, 0.717) is 0 Å². The molecule has 0 saturated heterocycles. The van der Waals surface area contributed by atoms with Crippen molar-refractivity contribution >= 4 is 0 Å². The minimum atomic E-state index is -0.173. The molecular formula is C18H30O. The van der Waals surface area contributed by atoms with Gasteiger partial charge in [0.25, 0.3) is 0 Å². The standard InChI is InChI=1S/C18H30O/c1-8-17(5,6)19-18(7,16(2,3)4)14-15-12-10-9-11-13-15/h9-13H,8,14H2,1-7H3. The first kappa shape index (κ1) is 16.2. The van der Waals surface area contributed by atoms with Crippen LogP contribution in [0.3, 0.4) is 0 Å². The molecule has 19 heavy (non-hydrogen) atoms. The van der Waals surface area contributed by atoms with E-state index in [4.69, 9.17) is 4.74 Å². The van der Waals surface area contributed by atoms with Gasteiger partial charge in [0.1, 0.15) is 0 Å². The van der Waals surface area contributed by atoms with Crippen molar-refractivity contribution in [2.24, 2.45) is 5.41 Å². The Morgan fingerprint density at radius 2 is 1.42 bits per heavy atom. The number of hydrogen-bond acceptors (Lipinski definition) is 1. The highest BCUT2D eigenvalue weighted by Crippen LogP contribution is 2.40. The predicted molar refractivity (Wildman–Crippen MR) is 83.5 cm³/mol. The van der Waals surface area contributed by atoms with Crippen LogP contribution in [0.4, 0.5) is 0 Å². The van der Waals surface area contributed by atoms with Gasteiger partial charge >= 0.3 is 0 Å². The van der Waals surface area contributed by atoms with Crippen LogP contribution in [0.15, 0.2) is 30.3 Å². The van der Waals surface area contributed by atoms with Crippen LogP contribution in [-0.4, -0.2) is 11.2 Å². The van der Waals surface area contributed by atoms with E-state index in [2.05, 4.69) is 78.8 Å². The summed E-state index contributed by atoms with van der Waals surface area (Å²) in [5.74, 6) is 0. The Morgan fingerprint density at radius 1 is 0.895 bits per heavy atom. The fraction of sp³-hybridized carbons (Fsp3) is 0.667. The minimum absolute atomic E-state index is 0.0865. The van der Waals surface area contributed by atoms with Gasteiger partial charge in [0.2, 0.25) is 0 Å². The fourth-order valence-electron chi connectivity index (χ4n) is 2.12. The molecule has 0 amide bonds. The van der Waals surface area contributed by atoms with Crippen LogP contribution in [0.2, 0.25) is 0 Å². The van der Waals surface area contributed by atoms with Gasteiger partial charge in [-0.15, -0.1) is 0 Å². The van der Waals surface area contributed by atoms with E-state index in [-0.39, 0.29) is 16.6 Å². The van der Waals surface area contributed by atoms with E-state index in [0.717, 1.165) is 12.8 Å². The first-order chi connectivity index (χ1) is 8.60. The molecule has 108 valence electrons. The molecule has 0 aliphatic rings. The summed E-state index contributed by atoms with van der Waals surface area (Å²) in [4.78, 5) is 0. The van der Waals surface area contributed by atoms with Crippen LogP contribution in [0.1, 0.15) is 60.5 Å². The van der Waals surface area contributed by atoms with Crippen molar-refractivity contribution in [2.45, 2.75) is 72.5 Å². The molecule has 1 aromatic carbocycles. The normalized spacial score (nSPS) is 16.2. The molecule has 0 bridgehead atoms. The maximum atomic E-state index is 6.54. The molecule has 0 saturated carbocycles. The van der Waals surface area contributed by atoms with Crippen LogP contribution >= 0.6 is 0 Å². The van der Waals surface area contributed by atoms with Gasteiger partial charge in [-0.2, -0.15) is 0 Å². The second-order valence-electron chi connectivity index (χ2n) is 7.36. The van der Waals surface area contributed by atoms with E-state index in [1.807, 2.05) is 0 Å². The molecule has 0 spiro atoms. The van der Waals surface area contributed by atoms with Crippen molar-refractivity contribution in [1.82, 2.24) is 0 Å². The lowest BCUT2D eigenvalue weighted by molar-refractivity contribution is -0.180. The summed E-state index contributed by atoms with van der Waals surface area (Å²) in [6.45, 7) is 15.6. The summed E-state index contributed by atoms with van der Waals surface area (Å²) >= 11 is 0. The Morgan fingerprint density at radius 3 is 1.84 bits per heavy atom. The zero-order valence-electron chi connectivity index (χ0n) is 13.7. The summed E-state index contributed by atoms with van der Waals surface area (Å²) in [6, 6.07) is 10.6. The van der Waals surface area contributed by atoms with Gasteiger partial charge in [-0.1, -0.05) is 58.0 Å². The molecule has 0 aliphatic carbocycles. The lowest BCUT2D eigenvalue weighted by Gasteiger charge is -2.47. The lowest BCUT2D eigenvalue weighted by Crippen LogP contribution is -2.49. The molecule has 1 aromatic rings. The Labute approximate surface area is 119 Å². The molecular weight excluding hydrogens is 232 g/mol. The van der Waals surface area contributed by atoms with E-state index in [1.165, 1.54) is 5.56 Å². The van der Waals surface area contributed by atoms with E-state index < -0.39 is 0 Å². The van der Waals surface area contributed by atoms with Gasteiger partial charge in [-0.3, -0.25) is 0 Å². The maximum absolute atomic E-state index is 6.54. The Bertz CT molecular complexity index is 386. The first-order valence-corrected chi connectivity index (χ1v) is 7.34. The van der Waals surface area contributed by atoms with Gasteiger partial charge in [-0.25, -0.2) is 0 Å². The Hall–Kier alpha value is -0.820. The second-order valence-corrected chi connectivity index (χ2v) is 7.36. The Kier molecular flexibility index (Phi) is 4.84. The number of benzene rings is 1. The average molecular weight is 262 g/mol. The van der Waals surface area contributed by atoms with Crippen LogP contribution in [-0.2, 0) is 11.2 Å². The van der Waals surface area contributed by atoms with Crippen molar-refractivity contribution in [3.8, 4) is 0 Å². The third-order valence-electron chi connectivity index (χ3n) is 4.32. The molecule has 1 unspecified atom stereocenters. The third kappa shape index (κ3) is 4.35. The van der Waals surface area contributed by atoms with Gasteiger partial charge in [-0.05, 0) is 38.2 Å². The summed E-state index contributed by atoms with van der Waals surface area (Å²) in [5, 5.41) is 0. The number of hydrogen-bond donors (Lipinski definition) is 0. The molecule has 0 N–H and O–H groups in total. The van der Waals surface area contributed by atoms with Crippen molar-refractivity contribution in [2.75, 3.05) is 0 Å². The highest BCUT2D eigenvalue weighted by Gasteiger charge is 2.42. The molecule has 1 atom stereocenters. The molecule has 0 radical (unpaired) electrons. The van der Waals surface area contributed by atoms with Gasteiger partial charge < -0.3 is 4.74 Å².